The summed E-state index contributed by atoms with van der Waals surface area (Å²) in [5, 5.41) is 5.07. The smallest absolute Gasteiger partial charge is 0.308 e. The molecule has 0 bridgehead atoms. The number of hydrogen-bond donors (Lipinski definition) is 0. The van der Waals surface area contributed by atoms with Crippen LogP contribution in [0.2, 0.25) is 0 Å². The Bertz CT molecular complexity index is 1110. The Kier molecular flexibility index (Phi) is 5.51. The van der Waals surface area contributed by atoms with E-state index >= 15 is 0 Å². The number of ether oxygens (including phenoxy) is 1. The minimum atomic E-state index is -0.364. The molecule has 0 spiro atoms. The van der Waals surface area contributed by atoms with Crippen molar-refractivity contribution < 1.29 is 9.53 Å². The standard InChI is InChI=1S/C23H23N3O3/c1-16(27)29-19-13-11-17(12-14-19)15-24-26-22(18-7-3-2-4-8-18)25-21-10-6-5-9-20(21)23(26)28/h5-6,9-15,18H,2-4,7-8H2,1H3. The highest BCUT2D eigenvalue weighted by atomic mass is 16.5. The van der Waals surface area contributed by atoms with Gasteiger partial charge in [0.25, 0.3) is 5.56 Å². The maximum absolute atomic E-state index is 13.1. The van der Waals surface area contributed by atoms with Crippen molar-refractivity contribution >= 4 is 23.1 Å². The fourth-order valence-electron chi connectivity index (χ4n) is 3.79. The van der Waals surface area contributed by atoms with Crippen LogP contribution in [0.4, 0.5) is 0 Å². The Morgan fingerprint density at radius 2 is 1.83 bits per heavy atom. The second-order valence-corrected chi connectivity index (χ2v) is 7.35. The van der Waals surface area contributed by atoms with Gasteiger partial charge in [0.15, 0.2) is 0 Å². The molecule has 3 aromatic rings. The van der Waals surface area contributed by atoms with Gasteiger partial charge in [0.2, 0.25) is 0 Å². The lowest BCUT2D eigenvalue weighted by Crippen LogP contribution is -2.25. The molecule has 1 aliphatic carbocycles. The van der Waals surface area contributed by atoms with Crippen LogP contribution in [0.1, 0.15) is 56.3 Å². The van der Waals surface area contributed by atoms with Crippen molar-refractivity contribution in [3.05, 3.63) is 70.3 Å². The van der Waals surface area contributed by atoms with Gasteiger partial charge in [0.1, 0.15) is 11.6 Å². The first-order chi connectivity index (χ1) is 14.1. The van der Waals surface area contributed by atoms with E-state index in [1.807, 2.05) is 18.2 Å². The predicted molar refractivity (Wildman–Crippen MR) is 113 cm³/mol. The number of esters is 1. The van der Waals surface area contributed by atoms with Crippen LogP contribution in [0.3, 0.4) is 0 Å². The van der Waals surface area contributed by atoms with Crippen molar-refractivity contribution in [3.63, 3.8) is 0 Å². The molecule has 0 N–H and O–H groups in total. The fraction of sp³-hybridized carbons (Fsp3) is 0.304. The van der Waals surface area contributed by atoms with Crippen LogP contribution in [0.25, 0.3) is 10.9 Å². The molecule has 0 radical (unpaired) electrons. The van der Waals surface area contributed by atoms with Crippen molar-refractivity contribution in [2.45, 2.75) is 44.9 Å². The van der Waals surface area contributed by atoms with Crippen molar-refractivity contribution in [1.29, 1.82) is 0 Å². The van der Waals surface area contributed by atoms with Crippen LogP contribution in [-0.4, -0.2) is 21.8 Å². The van der Waals surface area contributed by atoms with Gasteiger partial charge in [-0.25, -0.2) is 4.98 Å². The summed E-state index contributed by atoms with van der Waals surface area (Å²) in [5.41, 5.74) is 1.37. The van der Waals surface area contributed by atoms with Gasteiger partial charge in [-0.1, -0.05) is 31.4 Å². The van der Waals surface area contributed by atoms with Crippen molar-refractivity contribution in [3.8, 4) is 5.75 Å². The van der Waals surface area contributed by atoms with Crippen molar-refractivity contribution in [2.24, 2.45) is 5.10 Å². The highest BCUT2D eigenvalue weighted by molar-refractivity contribution is 5.81. The number of para-hydroxylation sites is 1. The van der Waals surface area contributed by atoms with Gasteiger partial charge < -0.3 is 4.74 Å². The Morgan fingerprint density at radius 3 is 2.55 bits per heavy atom. The Balaban J connectivity index is 1.73. The van der Waals surface area contributed by atoms with Crippen LogP contribution in [-0.2, 0) is 4.79 Å². The highest BCUT2D eigenvalue weighted by Gasteiger charge is 2.22. The SMILES string of the molecule is CC(=O)Oc1ccc(C=Nn2c(C3CCCCC3)nc3ccccc3c2=O)cc1. The summed E-state index contributed by atoms with van der Waals surface area (Å²) < 4.78 is 6.51. The molecule has 6 heteroatoms. The molecular weight excluding hydrogens is 366 g/mol. The van der Waals surface area contributed by atoms with Gasteiger partial charge in [-0.2, -0.15) is 9.78 Å². The maximum atomic E-state index is 13.1. The number of fused-ring (bicyclic) bond motifs is 1. The average molecular weight is 389 g/mol. The first-order valence-corrected chi connectivity index (χ1v) is 9.96. The third-order valence-corrected chi connectivity index (χ3v) is 5.21. The Labute approximate surface area is 168 Å². The van der Waals surface area contributed by atoms with E-state index in [1.54, 1.807) is 36.5 Å². The average Bonchev–Trinajstić information content (AvgIpc) is 2.74. The first-order valence-electron chi connectivity index (χ1n) is 9.96. The fourth-order valence-corrected chi connectivity index (χ4v) is 3.79. The topological polar surface area (TPSA) is 73.5 Å². The third kappa shape index (κ3) is 4.26. The number of rotatable bonds is 4. The molecule has 1 saturated carbocycles. The van der Waals surface area contributed by atoms with E-state index in [1.165, 1.54) is 18.0 Å². The molecule has 0 atom stereocenters. The molecule has 0 amide bonds. The van der Waals surface area contributed by atoms with Gasteiger partial charge >= 0.3 is 5.97 Å². The van der Waals surface area contributed by atoms with E-state index in [2.05, 4.69) is 5.10 Å². The van der Waals surface area contributed by atoms with Gasteiger partial charge in [-0.15, -0.1) is 0 Å². The predicted octanol–water partition coefficient (Wildman–Crippen LogP) is 4.25. The molecule has 1 aromatic heterocycles. The third-order valence-electron chi connectivity index (χ3n) is 5.21. The van der Waals surface area contributed by atoms with Crippen molar-refractivity contribution in [1.82, 2.24) is 9.66 Å². The zero-order chi connectivity index (χ0) is 20.2. The molecule has 0 unspecified atom stereocenters. The number of nitrogens with zero attached hydrogens (tertiary/aromatic N) is 3. The van der Waals surface area contributed by atoms with Gasteiger partial charge in [-0.05, 0) is 54.8 Å². The molecule has 0 aliphatic heterocycles. The van der Waals surface area contributed by atoms with E-state index in [9.17, 15) is 9.59 Å². The normalized spacial score (nSPS) is 15.1. The second kappa shape index (κ2) is 8.39. The minimum absolute atomic E-state index is 0.149. The van der Waals surface area contributed by atoms with Crippen LogP contribution >= 0.6 is 0 Å². The summed E-state index contributed by atoms with van der Waals surface area (Å²) in [6.07, 6.45) is 7.21. The zero-order valence-corrected chi connectivity index (χ0v) is 16.4. The number of carbonyl (C=O) groups is 1. The number of hydrogen-bond acceptors (Lipinski definition) is 5. The summed E-state index contributed by atoms with van der Waals surface area (Å²) in [6.45, 7) is 1.36. The Morgan fingerprint density at radius 1 is 1.10 bits per heavy atom. The number of aromatic nitrogens is 2. The molecule has 29 heavy (non-hydrogen) atoms. The van der Waals surface area contributed by atoms with E-state index in [-0.39, 0.29) is 17.4 Å². The van der Waals surface area contributed by atoms with Crippen LogP contribution < -0.4 is 10.3 Å². The monoisotopic (exact) mass is 389 g/mol. The Hall–Kier alpha value is -3.28. The van der Waals surface area contributed by atoms with E-state index in [0.717, 1.165) is 42.6 Å². The highest BCUT2D eigenvalue weighted by Crippen LogP contribution is 2.31. The van der Waals surface area contributed by atoms with Crippen LogP contribution in [0.15, 0.2) is 58.4 Å². The lowest BCUT2D eigenvalue weighted by molar-refractivity contribution is -0.131. The van der Waals surface area contributed by atoms with Gasteiger partial charge in [-0.3, -0.25) is 9.59 Å². The largest absolute Gasteiger partial charge is 0.427 e. The summed E-state index contributed by atoms with van der Waals surface area (Å²) in [4.78, 5) is 29.0. The first kappa shape index (κ1) is 19.1. The van der Waals surface area contributed by atoms with E-state index in [4.69, 9.17) is 9.72 Å². The van der Waals surface area contributed by atoms with Crippen LogP contribution in [0, 0.1) is 0 Å². The molecule has 1 aliphatic rings. The summed E-state index contributed by atoms with van der Waals surface area (Å²) in [6, 6.07) is 14.4. The quantitative estimate of drug-likeness (QED) is 0.380. The molecule has 6 nitrogen and oxygen atoms in total. The van der Waals surface area contributed by atoms with E-state index < -0.39 is 0 Å². The van der Waals surface area contributed by atoms with Crippen LogP contribution in [0.5, 0.6) is 5.75 Å². The minimum Gasteiger partial charge on any atom is -0.427 e. The summed E-state index contributed by atoms with van der Waals surface area (Å²) in [5.74, 6) is 1.09. The second-order valence-electron chi connectivity index (χ2n) is 7.35. The molecule has 0 saturated heterocycles. The van der Waals surface area contributed by atoms with E-state index in [0.29, 0.717) is 11.1 Å². The maximum Gasteiger partial charge on any atom is 0.308 e. The zero-order valence-electron chi connectivity index (χ0n) is 16.4. The molecule has 148 valence electrons. The number of benzene rings is 2. The lowest BCUT2D eigenvalue weighted by Gasteiger charge is -2.22. The summed E-state index contributed by atoms with van der Waals surface area (Å²) in [7, 11) is 0. The summed E-state index contributed by atoms with van der Waals surface area (Å²) >= 11 is 0. The molecule has 4 rings (SSSR count). The lowest BCUT2D eigenvalue weighted by atomic mass is 9.88. The molecular formula is C23H23N3O3. The van der Waals surface area contributed by atoms with Gasteiger partial charge in [0.05, 0.1) is 17.1 Å². The van der Waals surface area contributed by atoms with Crippen molar-refractivity contribution in [2.75, 3.05) is 0 Å². The molecule has 1 fully saturated rings. The van der Waals surface area contributed by atoms with Gasteiger partial charge in [0, 0.05) is 12.8 Å². The molecule has 1 heterocycles. The molecule has 2 aromatic carbocycles. The number of carbonyl (C=O) groups excluding carboxylic acids is 1.